The number of carbonyl (C=O) groups excluding carboxylic acids is 1. The number of nitro benzene ring substituents is 1. The van der Waals surface area contributed by atoms with Crippen molar-refractivity contribution in [3.05, 3.63) is 110 Å². The van der Waals surface area contributed by atoms with Gasteiger partial charge in [-0.1, -0.05) is 54.1 Å². The van der Waals surface area contributed by atoms with Crippen molar-refractivity contribution in [1.29, 1.82) is 0 Å². The Morgan fingerprint density at radius 1 is 1.03 bits per heavy atom. The zero-order chi connectivity index (χ0) is 20.6. The van der Waals surface area contributed by atoms with Gasteiger partial charge in [-0.3, -0.25) is 19.8 Å². The average Bonchev–Trinajstić information content (AvgIpc) is 2.98. The Balaban J connectivity index is 1.83. The Bertz CT molecular complexity index is 1080. The summed E-state index contributed by atoms with van der Waals surface area (Å²) in [5.41, 5.74) is 1.71. The monoisotopic (exact) mass is 408 g/mol. The number of halogens is 1. The largest absolute Gasteiger partial charge is 0.350 e. The number of ether oxygens (including phenoxy) is 1. The summed E-state index contributed by atoms with van der Waals surface area (Å²) >= 11 is 6.07. The van der Waals surface area contributed by atoms with Crippen LogP contribution in [0.5, 0.6) is 0 Å². The van der Waals surface area contributed by atoms with E-state index in [0.29, 0.717) is 10.6 Å². The summed E-state index contributed by atoms with van der Waals surface area (Å²) in [6, 6.07) is 20.7. The molecule has 3 aromatic rings. The molecule has 1 aliphatic rings. The summed E-state index contributed by atoms with van der Waals surface area (Å²) in [7, 11) is 1.56. The minimum Gasteiger partial charge on any atom is -0.350 e. The average molecular weight is 409 g/mol. The first-order chi connectivity index (χ1) is 14.0. The van der Waals surface area contributed by atoms with Gasteiger partial charge in [-0.15, -0.1) is 0 Å². The van der Waals surface area contributed by atoms with Gasteiger partial charge in [0.25, 0.3) is 11.6 Å². The lowest BCUT2D eigenvalue weighted by Crippen LogP contribution is -2.45. The standard InChI is InChI=1S/C22H17ClN2O4/c1-29-22(16-8-10-17(23)11-9-16)20-5-3-2-4-19(20)21(26)24(22)14-15-6-12-18(13-7-15)25(27)28/h2-13H,14H2,1H3. The Labute approximate surface area is 172 Å². The highest BCUT2D eigenvalue weighted by atomic mass is 35.5. The van der Waals surface area contributed by atoms with Crippen LogP contribution in [-0.4, -0.2) is 22.8 Å². The quantitative estimate of drug-likeness (QED) is 0.451. The minimum atomic E-state index is -1.12. The summed E-state index contributed by atoms with van der Waals surface area (Å²) < 4.78 is 6.02. The van der Waals surface area contributed by atoms with Crippen molar-refractivity contribution >= 4 is 23.2 Å². The number of fused-ring (bicyclic) bond motifs is 1. The molecule has 1 atom stereocenters. The van der Waals surface area contributed by atoms with Crippen LogP contribution in [0.4, 0.5) is 5.69 Å². The maximum absolute atomic E-state index is 13.3. The molecule has 7 heteroatoms. The Morgan fingerprint density at radius 2 is 1.69 bits per heavy atom. The zero-order valence-electron chi connectivity index (χ0n) is 15.5. The van der Waals surface area contributed by atoms with E-state index in [-0.39, 0.29) is 18.1 Å². The molecule has 1 aliphatic heterocycles. The molecule has 0 fully saturated rings. The third kappa shape index (κ3) is 3.06. The molecule has 0 radical (unpaired) electrons. The number of methoxy groups -OCH3 is 1. The van der Waals surface area contributed by atoms with Gasteiger partial charge in [0.15, 0.2) is 5.72 Å². The third-order valence-electron chi connectivity index (χ3n) is 5.17. The molecule has 0 bridgehead atoms. The molecule has 0 saturated heterocycles. The van der Waals surface area contributed by atoms with Crippen molar-refractivity contribution < 1.29 is 14.5 Å². The van der Waals surface area contributed by atoms with Crippen LogP contribution in [0, 0.1) is 10.1 Å². The molecule has 1 amide bonds. The van der Waals surface area contributed by atoms with Gasteiger partial charge in [0.05, 0.1) is 4.92 Å². The van der Waals surface area contributed by atoms with Crippen LogP contribution in [0.1, 0.15) is 27.0 Å². The van der Waals surface area contributed by atoms with Gasteiger partial charge < -0.3 is 4.74 Å². The van der Waals surface area contributed by atoms with E-state index in [0.717, 1.165) is 16.7 Å². The van der Waals surface area contributed by atoms with Crippen molar-refractivity contribution in [1.82, 2.24) is 4.90 Å². The second-order valence-corrected chi connectivity index (χ2v) is 7.15. The first-order valence-electron chi connectivity index (χ1n) is 8.93. The number of benzene rings is 3. The predicted octanol–water partition coefficient (Wildman–Crippen LogP) is 4.75. The van der Waals surface area contributed by atoms with Crippen LogP contribution in [0.2, 0.25) is 5.02 Å². The Morgan fingerprint density at radius 3 is 2.31 bits per heavy atom. The van der Waals surface area contributed by atoms with Crippen LogP contribution >= 0.6 is 11.6 Å². The predicted molar refractivity (Wildman–Crippen MR) is 109 cm³/mol. The lowest BCUT2D eigenvalue weighted by Gasteiger charge is -2.38. The molecule has 0 aliphatic carbocycles. The lowest BCUT2D eigenvalue weighted by atomic mass is 9.93. The highest BCUT2D eigenvalue weighted by molar-refractivity contribution is 6.30. The third-order valence-corrected chi connectivity index (χ3v) is 5.42. The maximum Gasteiger partial charge on any atom is 0.269 e. The van der Waals surface area contributed by atoms with Gasteiger partial charge in [0.1, 0.15) is 0 Å². The molecule has 1 heterocycles. The topological polar surface area (TPSA) is 72.7 Å². The van der Waals surface area contributed by atoms with Crippen LogP contribution in [-0.2, 0) is 17.0 Å². The number of amides is 1. The smallest absolute Gasteiger partial charge is 0.269 e. The fraction of sp³-hybridized carbons (Fsp3) is 0.136. The molecule has 3 aromatic carbocycles. The molecule has 29 heavy (non-hydrogen) atoms. The van der Waals surface area contributed by atoms with E-state index in [1.807, 2.05) is 30.3 Å². The molecule has 1 unspecified atom stereocenters. The molecule has 6 nitrogen and oxygen atoms in total. The van der Waals surface area contributed by atoms with E-state index in [2.05, 4.69) is 0 Å². The zero-order valence-corrected chi connectivity index (χ0v) is 16.3. The van der Waals surface area contributed by atoms with Crippen molar-refractivity contribution in [3.8, 4) is 0 Å². The summed E-state index contributed by atoms with van der Waals surface area (Å²) in [6.45, 7) is 0.224. The fourth-order valence-electron chi connectivity index (χ4n) is 3.81. The normalized spacial score (nSPS) is 18.0. The van der Waals surface area contributed by atoms with Crippen LogP contribution in [0.15, 0.2) is 72.8 Å². The summed E-state index contributed by atoms with van der Waals surface area (Å²) in [6.07, 6.45) is 0. The molecule has 0 N–H and O–H groups in total. The first-order valence-corrected chi connectivity index (χ1v) is 9.31. The van der Waals surface area contributed by atoms with E-state index in [9.17, 15) is 14.9 Å². The highest BCUT2D eigenvalue weighted by Crippen LogP contribution is 2.45. The van der Waals surface area contributed by atoms with Crippen LogP contribution in [0.25, 0.3) is 0 Å². The van der Waals surface area contributed by atoms with E-state index in [1.165, 1.54) is 12.1 Å². The molecule has 0 saturated carbocycles. The van der Waals surface area contributed by atoms with Gasteiger partial charge in [-0.05, 0) is 23.8 Å². The lowest BCUT2D eigenvalue weighted by molar-refractivity contribution is -0.384. The van der Waals surface area contributed by atoms with E-state index in [1.54, 1.807) is 42.3 Å². The number of carbonyl (C=O) groups is 1. The number of nitro groups is 1. The van der Waals surface area contributed by atoms with Crippen molar-refractivity contribution in [3.63, 3.8) is 0 Å². The van der Waals surface area contributed by atoms with Gasteiger partial charge in [-0.2, -0.15) is 0 Å². The summed E-state index contributed by atoms with van der Waals surface area (Å²) in [5.74, 6) is -0.171. The molecule has 0 aromatic heterocycles. The maximum atomic E-state index is 13.3. The first kappa shape index (κ1) is 19.1. The minimum absolute atomic E-state index is 0.000454. The van der Waals surface area contributed by atoms with E-state index in [4.69, 9.17) is 16.3 Å². The van der Waals surface area contributed by atoms with Crippen LogP contribution in [0.3, 0.4) is 0 Å². The van der Waals surface area contributed by atoms with Gasteiger partial charge in [0.2, 0.25) is 0 Å². The number of rotatable bonds is 5. The molecule has 146 valence electrons. The molecule has 0 spiro atoms. The Kier molecular flexibility index (Phi) is 4.82. The van der Waals surface area contributed by atoms with E-state index >= 15 is 0 Å². The number of nitrogens with zero attached hydrogens (tertiary/aromatic N) is 2. The van der Waals surface area contributed by atoms with Crippen LogP contribution < -0.4 is 0 Å². The second kappa shape index (κ2) is 7.31. The second-order valence-electron chi connectivity index (χ2n) is 6.72. The number of hydrogen-bond donors (Lipinski definition) is 0. The van der Waals surface area contributed by atoms with Gasteiger partial charge >= 0.3 is 0 Å². The van der Waals surface area contributed by atoms with Crippen molar-refractivity contribution in [2.24, 2.45) is 0 Å². The van der Waals surface area contributed by atoms with Gasteiger partial charge in [0, 0.05) is 47.5 Å². The molecule has 4 rings (SSSR count). The summed E-state index contributed by atoms with van der Waals surface area (Å²) in [4.78, 5) is 25.4. The number of non-ortho nitro benzene ring substituents is 1. The molecular formula is C22H17ClN2O4. The van der Waals surface area contributed by atoms with Crippen molar-refractivity contribution in [2.75, 3.05) is 7.11 Å². The highest BCUT2D eigenvalue weighted by Gasteiger charge is 2.51. The van der Waals surface area contributed by atoms with Crippen molar-refractivity contribution in [2.45, 2.75) is 12.3 Å². The fourth-order valence-corrected chi connectivity index (χ4v) is 3.94. The van der Waals surface area contributed by atoms with E-state index < -0.39 is 10.6 Å². The number of hydrogen-bond acceptors (Lipinski definition) is 4. The molecular weight excluding hydrogens is 392 g/mol. The summed E-state index contributed by atoms with van der Waals surface area (Å²) in [5, 5.41) is 11.5. The van der Waals surface area contributed by atoms with Gasteiger partial charge in [-0.25, -0.2) is 0 Å². The SMILES string of the molecule is COC1(c2ccc(Cl)cc2)c2ccccc2C(=O)N1Cc1ccc([N+](=O)[O-])cc1. The Hall–Kier alpha value is -3.22.